The summed E-state index contributed by atoms with van der Waals surface area (Å²) in [4.78, 5) is 0. The molecule has 0 heterocycles. The van der Waals surface area contributed by atoms with Crippen LogP contribution in [0.3, 0.4) is 0 Å². The quantitative estimate of drug-likeness (QED) is 0.809. The second-order valence-corrected chi connectivity index (χ2v) is 7.31. The fraction of sp³-hybridized carbons (Fsp3) is 1.00. The largest absolute Gasteiger partial charge is 0.327 e. The molecule has 1 aliphatic carbocycles. The van der Waals surface area contributed by atoms with Gasteiger partial charge in [0.05, 0.1) is 5.25 Å². The molecule has 1 aliphatic rings. The molecule has 0 aromatic heterocycles. The van der Waals surface area contributed by atoms with Crippen LogP contribution in [0.1, 0.15) is 52.9 Å². The molecule has 16 heavy (non-hydrogen) atoms. The summed E-state index contributed by atoms with van der Waals surface area (Å²) in [7, 11) is -0.716. The Kier molecular flexibility index (Phi) is 5.98. The molecule has 0 amide bonds. The van der Waals surface area contributed by atoms with Gasteiger partial charge in [0.15, 0.2) is 0 Å². The van der Waals surface area contributed by atoms with Crippen LogP contribution >= 0.6 is 0 Å². The van der Waals surface area contributed by atoms with Gasteiger partial charge in [0.1, 0.15) is 0 Å². The zero-order valence-corrected chi connectivity index (χ0v) is 11.8. The second kappa shape index (κ2) is 6.75. The number of hydrogen-bond acceptors (Lipinski definition) is 2. The van der Waals surface area contributed by atoms with Gasteiger partial charge in [0, 0.05) is 22.6 Å². The van der Waals surface area contributed by atoms with Crippen molar-refractivity contribution < 1.29 is 4.21 Å². The zero-order chi connectivity index (χ0) is 12.1. The Labute approximate surface area is 103 Å². The molecule has 4 atom stereocenters. The van der Waals surface area contributed by atoms with Crippen molar-refractivity contribution in [3.05, 3.63) is 0 Å². The lowest BCUT2D eigenvalue weighted by molar-refractivity contribution is 0.313. The number of nitrogens with two attached hydrogens (primary N) is 1. The smallest absolute Gasteiger partial charge is 0.0501 e. The van der Waals surface area contributed by atoms with Gasteiger partial charge in [-0.25, -0.2) is 0 Å². The summed E-state index contributed by atoms with van der Waals surface area (Å²) < 4.78 is 12.2. The SMILES string of the molecule is CCCC1CCC(N)C(S(=O)CC(C)C)C1. The lowest BCUT2D eigenvalue weighted by atomic mass is 9.83. The molecule has 2 N–H and O–H groups in total. The Bertz CT molecular complexity index is 230. The van der Waals surface area contributed by atoms with Gasteiger partial charge in [-0.15, -0.1) is 0 Å². The summed E-state index contributed by atoms with van der Waals surface area (Å²) >= 11 is 0. The van der Waals surface area contributed by atoms with Crippen molar-refractivity contribution in [2.45, 2.75) is 64.2 Å². The third-order valence-electron chi connectivity index (χ3n) is 3.48. The van der Waals surface area contributed by atoms with Crippen molar-refractivity contribution >= 4 is 10.8 Å². The first-order valence-corrected chi connectivity index (χ1v) is 8.05. The van der Waals surface area contributed by atoms with Crippen LogP contribution in [-0.4, -0.2) is 21.3 Å². The summed E-state index contributed by atoms with van der Waals surface area (Å²) in [5.41, 5.74) is 6.12. The molecule has 1 rings (SSSR count). The van der Waals surface area contributed by atoms with E-state index in [9.17, 15) is 4.21 Å². The lowest BCUT2D eigenvalue weighted by Crippen LogP contribution is -2.44. The topological polar surface area (TPSA) is 43.1 Å². The molecule has 0 aliphatic heterocycles. The molecule has 96 valence electrons. The van der Waals surface area contributed by atoms with Crippen LogP contribution in [0, 0.1) is 11.8 Å². The van der Waals surface area contributed by atoms with Gasteiger partial charge in [-0.05, 0) is 31.1 Å². The molecule has 0 bridgehead atoms. The van der Waals surface area contributed by atoms with Gasteiger partial charge >= 0.3 is 0 Å². The van der Waals surface area contributed by atoms with E-state index in [1.807, 2.05) is 0 Å². The Hall–Kier alpha value is 0.110. The highest BCUT2D eigenvalue weighted by Crippen LogP contribution is 2.30. The van der Waals surface area contributed by atoms with Crippen LogP contribution < -0.4 is 5.73 Å². The van der Waals surface area contributed by atoms with Crippen LogP contribution in [0.4, 0.5) is 0 Å². The third-order valence-corrected chi connectivity index (χ3v) is 5.70. The van der Waals surface area contributed by atoms with E-state index in [4.69, 9.17) is 5.73 Å². The van der Waals surface area contributed by atoms with E-state index >= 15 is 0 Å². The van der Waals surface area contributed by atoms with E-state index < -0.39 is 10.8 Å². The highest BCUT2D eigenvalue weighted by Gasteiger charge is 2.31. The molecule has 4 unspecified atom stereocenters. The molecule has 1 fully saturated rings. The number of rotatable bonds is 5. The summed E-state index contributed by atoms with van der Waals surface area (Å²) in [5, 5.41) is 0.257. The molecule has 0 aromatic rings. The molecule has 0 radical (unpaired) electrons. The van der Waals surface area contributed by atoms with Crippen molar-refractivity contribution in [1.29, 1.82) is 0 Å². The summed E-state index contributed by atoms with van der Waals surface area (Å²) in [6.07, 6.45) is 5.92. The van der Waals surface area contributed by atoms with E-state index in [2.05, 4.69) is 20.8 Å². The summed E-state index contributed by atoms with van der Waals surface area (Å²) in [6.45, 7) is 6.50. The normalized spacial score (nSPS) is 32.9. The van der Waals surface area contributed by atoms with Crippen molar-refractivity contribution in [2.24, 2.45) is 17.6 Å². The van der Waals surface area contributed by atoms with E-state index in [0.29, 0.717) is 5.92 Å². The Morgan fingerprint density at radius 1 is 1.38 bits per heavy atom. The van der Waals surface area contributed by atoms with E-state index in [1.54, 1.807) is 0 Å². The minimum atomic E-state index is -0.716. The highest BCUT2D eigenvalue weighted by molar-refractivity contribution is 7.85. The van der Waals surface area contributed by atoms with Crippen molar-refractivity contribution in [3.8, 4) is 0 Å². The van der Waals surface area contributed by atoms with Gasteiger partial charge in [-0.1, -0.05) is 33.6 Å². The van der Waals surface area contributed by atoms with Gasteiger partial charge in [-0.2, -0.15) is 0 Å². The zero-order valence-electron chi connectivity index (χ0n) is 10.9. The van der Waals surface area contributed by atoms with Gasteiger partial charge in [0.2, 0.25) is 0 Å². The average Bonchev–Trinajstić information content (AvgIpc) is 2.20. The minimum Gasteiger partial charge on any atom is -0.327 e. The van der Waals surface area contributed by atoms with Crippen molar-refractivity contribution in [2.75, 3.05) is 5.75 Å². The first kappa shape index (κ1) is 14.2. The van der Waals surface area contributed by atoms with Crippen LogP contribution in [0.5, 0.6) is 0 Å². The van der Waals surface area contributed by atoms with Crippen molar-refractivity contribution in [3.63, 3.8) is 0 Å². The standard InChI is InChI=1S/C13H27NOS/c1-4-5-11-6-7-12(14)13(8-11)16(15)9-10(2)3/h10-13H,4-9,14H2,1-3H3. The highest BCUT2D eigenvalue weighted by atomic mass is 32.2. The lowest BCUT2D eigenvalue weighted by Gasteiger charge is -2.33. The third kappa shape index (κ3) is 4.17. The van der Waals surface area contributed by atoms with E-state index in [0.717, 1.165) is 24.5 Å². The Morgan fingerprint density at radius 3 is 2.62 bits per heavy atom. The fourth-order valence-electron chi connectivity index (χ4n) is 2.66. The monoisotopic (exact) mass is 245 g/mol. The van der Waals surface area contributed by atoms with Crippen LogP contribution in [0.25, 0.3) is 0 Å². The molecular formula is C13H27NOS. The van der Waals surface area contributed by atoms with Crippen LogP contribution in [-0.2, 0) is 10.8 Å². The Morgan fingerprint density at radius 2 is 2.06 bits per heavy atom. The summed E-state index contributed by atoms with van der Waals surface area (Å²) in [5.74, 6) is 2.10. The molecule has 3 heteroatoms. The van der Waals surface area contributed by atoms with Gasteiger partial charge < -0.3 is 5.73 Å². The molecular weight excluding hydrogens is 218 g/mol. The van der Waals surface area contributed by atoms with Crippen molar-refractivity contribution in [1.82, 2.24) is 0 Å². The fourth-order valence-corrected chi connectivity index (χ4v) is 4.58. The van der Waals surface area contributed by atoms with Crippen LogP contribution in [0.2, 0.25) is 0 Å². The maximum atomic E-state index is 12.2. The molecule has 2 nitrogen and oxygen atoms in total. The maximum absolute atomic E-state index is 12.2. The minimum absolute atomic E-state index is 0.174. The first-order valence-electron chi connectivity index (χ1n) is 6.67. The van der Waals surface area contributed by atoms with Gasteiger partial charge in [0.25, 0.3) is 0 Å². The van der Waals surface area contributed by atoms with E-state index in [-0.39, 0.29) is 11.3 Å². The predicted molar refractivity (Wildman–Crippen MR) is 71.9 cm³/mol. The molecule has 0 saturated heterocycles. The second-order valence-electron chi connectivity index (χ2n) is 5.61. The van der Waals surface area contributed by atoms with E-state index in [1.165, 1.54) is 19.3 Å². The summed E-state index contributed by atoms with van der Waals surface area (Å²) in [6, 6.07) is 0.174. The number of hydrogen-bond donors (Lipinski definition) is 1. The first-order chi connectivity index (χ1) is 7.54. The maximum Gasteiger partial charge on any atom is 0.0501 e. The van der Waals surface area contributed by atoms with Gasteiger partial charge in [-0.3, -0.25) is 4.21 Å². The predicted octanol–water partition coefficient (Wildman–Crippen LogP) is 2.69. The molecule has 0 aromatic carbocycles. The molecule has 1 saturated carbocycles. The molecule has 0 spiro atoms. The Balaban J connectivity index is 2.51. The average molecular weight is 245 g/mol. The van der Waals surface area contributed by atoms with Crippen LogP contribution in [0.15, 0.2) is 0 Å².